The minimum absolute atomic E-state index is 0.181. The summed E-state index contributed by atoms with van der Waals surface area (Å²) in [6, 6.07) is -0.231. The van der Waals surface area contributed by atoms with Crippen molar-refractivity contribution in [2.24, 2.45) is 0 Å². The quantitative estimate of drug-likeness (QED) is 0.701. The Morgan fingerprint density at radius 3 is 2.63 bits per heavy atom. The highest BCUT2D eigenvalue weighted by Gasteiger charge is 2.25. The molecule has 3 amide bonds. The smallest absolute Gasteiger partial charge is 0.321 e. The molecule has 1 aromatic heterocycles. The number of carbonyl (C=O) groups is 2. The third-order valence-corrected chi connectivity index (χ3v) is 5.97. The average molecular weight is 397 g/mol. The zero-order chi connectivity index (χ0) is 19.2. The molecule has 1 aliphatic heterocycles. The van der Waals surface area contributed by atoms with E-state index >= 15 is 0 Å². The molecule has 2 N–H and O–H groups in total. The van der Waals surface area contributed by atoms with Gasteiger partial charge in [0, 0.05) is 25.7 Å². The maximum absolute atomic E-state index is 12.4. The summed E-state index contributed by atoms with van der Waals surface area (Å²) in [6.45, 7) is 7.41. The molecule has 27 heavy (non-hydrogen) atoms. The fraction of sp³-hybridized carbons (Fsp3) is 0.765. The zero-order valence-electron chi connectivity index (χ0n) is 15.9. The molecule has 150 valence electrons. The maximum Gasteiger partial charge on any atom is 0.321 e. The van der Waals surface area contributed by atoms with Crippen LogP contribution >= 0.6 is 11.8 Å². The Hall–Kier alpha value is -1.81. The van der Waals surface area contributed by atoms with Crippen molar-refractivity contribution in [3.05, 3.63) is 0 Å². The van der Waals surface area contributed by atoms with Gasteiger partial charge in [0.1, 0.15) is 0 Å². The van der Waals surface area contributed by atoms with Gasteiger partial charge in [0.05, 0.1) is 18.5 Å². The molecule has 0 radical (unpaired) electrons. The van der Waals surface area contributed by atoms with Crippen molar-refractivity contribution < 1.29 is 14.3 Å². The van der Waals surface area contributed by atoms with Crippen LogP contribution < -0.4 is 15.5 Å². The molecule has 1 atom stereocenters. The fourth-order valence-corrected chi connectivity index (χ4v) is 4.27. The van der Waals surface area contributed by atoms with Crippen LogP contribution in [0.25, 0.3) is 0 Å². The minimum atomic E-state index is -0.452. The van der Waals surface area contributed by atoms with Crippen LogP contribution in [0.1, 0.15) is 39.5 Å². The summed E-state index contributed by atoms with van der Waals surface area (Å²) in [4.78, 5) is 26.5. The Kier molecular flexibility index (Phi) is 6.95. The first-order valence-corrected chi connectivity index (χ1v) is 10.5. The predicted octanol–water partition coefficient (Wildman–Crippen LogP) is 1.38. The predicted molar refractivity (Wildman–Crippen MR) is 103 cm³/mol. The van der Waals surface area contributed by atoms with Gasteiger partial charge in [-0.2, -0.15) is 0 Å². The number of rotatable bonds is 6. The number of amides is 3. The van der Waals surface area contributed by atoms with E-state index in [0.717, 1.165) is 44.7 Å². The monoisotopic (exact) mass is 396 g/mol. The Labute approximate surface area is 163 Å². The van der Waals surface area contributed by atoms with Crippen molar-refractivity contribution >= 4 is 29.6 Å². The van der Waals surface area contributed by atoms with Gasteiger partial charge < -0.3 is 15.0 Å². The highest BCUT2D eigenvalue weighted by atomic mass is 32.2. The van der Waals surface area contributed by atoms with E-state index in [1.165, 1.54) is 11.8 Å². The van der Waals surface area contributed by atoms with Crippen LogP contribution in [0.15, 0.2) is 5.16 Å². The molecule has 2 fully saturated rings. The molecule has 0 spiro atoms. The van der Waals surface area contributed by atoms with Gasteiger partial charge >= 0.3 is 6.03 Å². The van der Waals surface area contributed by atoms with E-state index in [0.29, 0.717) is 24.9 Å². The van der Waals surface area contributed by atoms with Crippen LogP contribution in [0.3, 0.4) is 0 Å². The van der Waals surface area contributed by atoms with E-state index in [-0.39, 0.29) is 11.9 Å². The number of anilines is 1. The standard InChI is InChI=1S/C17H28N6O3S/c1-3-23-16(22-8-10-26-11-9-22)20-21-17(23)27-12(2)14(24)19-15(25)18-13-6-4-5-7-13/h12-13H,3-11H2,1-2H3,(H2,18,19,24,25)/t12-/m1/s1. The Morgan fingerprint density at radius 1 is 1.26 bits per heavy atom. The molecule has 2 aliphatic rings. The molecule has 3 rings (SSSR count). The number of hydrogen-bond acceptors (Lipinski definition) is 7. The number of carbonyl (C=O) groups excluding carboxylic acids is 2. The van der Waals surface area contributed by atoms with Crippen molar-refractivity contribution in [2.45, 2.75) is 62.5 Å². The molecule has 9 nitrogen and oxygen atoms in total. The summed E-state index contributed by atoms with van der Waals surface area (Å²) < 4.78 is 7.39. The summed E-state index contributed by atoms with van der Waals surface area (Å²) in [6.07, 6.45) is 4.22. The molecule has 10 heteroatoms. The van der Waals surface area contributed by atoms with E-state index < -0.39 is 11.3 Å². The van der Waals surface area contributed by atoms with Crippen LogP contribution in [0.4, 0.5) is 10.7 Å². The number of ether oxygens (including phenoxy) is 1. The number of nitrogens with one attached hydrogen (secondary N) is 2. The Bertz CT molecular complexity index is 655. The molecular formula is C17H28N6O3S. The van der Waals surface area contributed by atoms with Gasteiger partial charge in [0.25, 0.3) is 0 Å². The third-order valence-electron chi connectivity index (χ3n) is 4.89. The highest BCUT2D eigenvalue weighted by molar-refractivity contribution is 8.00. The topological polar surface area (TPSA) is 101 Å². The van der Waals surface area contributed by atoms with E-state index in [4.69, 9.17) is 4.74 Å². The summed E-state index contributed by atoms with van der Waals surface area (Å²) >= 11 is 1.31. The number of nitrogens with zero attached hydrogens (tertiary/aromatic N) is 4. The summed E-state index contributed by atoms with van der Waals surface area (Å²) in [5.41, 5.74) is 0. The maximum atomic E-state index is 12.4. The first-order chi connectivity index (χ1) is 13.1. The lowest BCUT2D eigenvalue weighted by molar-refractivity contribution is -0.119. The molecule has 2 heterocycles. The van der Waals surface area contributed by atoms with Gasteiger partial charge in [0.2, 0.25) is 11.9 Å². The number of aromatic nitrogens is 3. The van der Waals surface area contributed by atoms with Crippen molar-refractivity contribution in [3.63, 3.8) is 0 Å². The molecule has 0 unspecified atom stereocenters. The van der Waals surface area contributed by atoms with Gasteiger partial charge in [-0.3, -0.25) is 14.7 Å². The molecule has 1 saturated heterocycles. The number of imide groups is 1. The van der Waals surface area contributed by atoms with Gasteiger partial charge in [-0.25, -0.2) is 4.79 Å². The first kappa shape index (κ1) is 19.9. The molecule has 0 bridgehead atoms. The van der Waals surface area contributed by atoms with E-state index in [1.807, 2.05) is 11.5 Å². The molecule has 1 aliphatic carbocycles. The van der Waals surface area contributed by atoms with Crippen LogP contribution in [0, 0.1) is 0 Å². The first-order valence-electron chi connectivity index (χ1n) is 9.62. The Morgan fingerprint density at radius 2 is 1.96 bits per heavy atom. The largest absolute Gasteiger partial charge is 0.378 e. The fourth-order valence-electron chi connectivity index (χ4n) is 3.36. The summed E-state index contributed by atoms with van der Waals surface area (Å²) in [7, 11) is 0. The number of urea groups is 1. The number of thioether (sulfide) groups is 1. The normalized spacial score (nSPS) is 19.1. The molecule has 0 aromatic carbocycles. The summed E-state index contributed by atoms with van der Waals surface area (Å²) in [5.74, 6) is 0.476. The second-order valence-corrected chi connectivity index (χ2v) is 8.14. The molecular weight excluding hydrogens is 368 g/mol. The van der Waals surface area contributed by atoms with Gasteiger partial charge in [-0.15, -0.1) is 10.2 Å². The second-order valence-electron chi connectivity index (χ2n) is 6.83. The highest BCUT2D eigenvalue weighted by Crippen LogP contribution is 2.26. The van der Waals surface area contributed by atoms with E-state index in [1.54, 1.807) is 6.92 Å². The lowest BCUT2D eigenvalue weighted by Crippen LogP contribution is -2.46. The van der Waals surface area contributed by atoms with Crippen molar-refractivity contribution in [1.82, 2.24) is 25.4 Å². The van der Waals surface area contributed by atoms with Gasteiger partial charge in [-0.05, 0) is 26.7 Å². The molecule has 1 aromatic rings. The third kappa shape index (κ3) is 5.13. The van der Waals surface area contributed by atoms with Gasteiger partial charge in [0.15, 0.2) is 5.16 Å². The second kappa shape index (κ2) is 9.41. The number of morpholine rings is 1. The lowest BCUT2D eigenvalue weighted by atomic mass is 10.2. The zero-order valence-corrected chi connectivity index (χ0v) is 16.8. The SMILES string of the molecule is CCn1c(S[C@H](C)C(=O)NC(=O)NC2CCCC2)nnc1N1CCOCC1. The molecule has 1 saturated carbocycles. The van der Waals surface area contributed by atoms with Crippen molar-refractivity contribution in [2.75, 3.05) is 31.2 Å². The van der Waals surface area contributed by atoms with E-state index in [2.05, 4.69) is 25.7 Å². The lowest BCUT2D eigenvalue weighted by Gasteiger charge is -2.27. The van der Waals surface area contributed by atoms with Crippen molar-refractivity contribution in [1.29, 1.82) is 0 Å². The minimum Gasteiger partial charge on any atom is -0.378 e. The van der Waals surface area contributed by atoms with Crippen LogP contribution in [-0.2, 0) is 16.1 Å². The van der Waals surface area contributed by atoms with Crippen LogP contribution in [0.2, 0.25) is 0 Å². The van der Waals surface area contributed by atoms with Crippen LogP contribution in [0.5, 0.6) is 0 Å². The van der Waals surface area contributed by atoms with E-state index in [9.17, 15) is 9.59 Å². The van der Waals surface area contributed by atoms with Crippen LogP contribution in [-0.4, -0.2) is 64.3 Å². The number of hydrogen-bond donors (Lipinski definition) is 2. The summed E-state index contributed by atoms with van der Waals surface area (Å²) in [5, 5.41) is 14.1. The average Bonchev–Trinajstić information content (AvgIpc) is 3.31. The van der Waals surface area contributed by atoms with Crippen molar-refractivity contribution in [3.8, 4) is 0 Å². The van der Waals surface area contributed by atoms with Gasteiger partial charge in [-0.1, -0.05) is 24.6 Å². The Balaban J connectivity index is 1.56.